The minimum Gasteiger partial charge on any atom is -0.440 e. The van der Waals surface area contributed by atoms with Crippen LogP contribution in [-0.2, 0) is 15.5 Å². The molecular formula is C9H12N2O3S. The summed E-state index contributed by atoms with van der Waals surface area (Å²) in [5.74, 6) is 0. The molecule has 1 aromatic carbocycles. The Bertz CT molecular complexity index is 413. The van der Waals surface area contributed by atoms with Gasteiger partial charge in [-0.15, -0.1) is 4.36 Å². The summed E-state index contributed by atoms with van der Waals surface area (Å²) in [5, 5.41) is 4.85. The Kier molecular flexibility index (Phi) is 4.26. The average Bonchev–Trinajstić information content (AvgIpc) is 2.17. The molecule has 0 fully saturated rings. The fourth-order valence-electron chi connectivity index (χ4n) is 1.05. The van der Waals surface area contributed by atoms with Gasteiger partial charge >= 0.3 is 6.09 Å². The van der Waals surface area contributed by atoms with Gasteiger partial charge < -0.3 is 4.74 Å². The maximum Gasteiger partial charge on any atom is 0.443 e. The number of carbonyl (C=O) groups is 1. The summed E-state index contributed by atoms with van der Waals surface area (Å²) >= 11 is 0. The highest BCUT2D eigenvalue weighted by Crippen LogP contribution is 2.16. The van der Waals surface area contributed by atoms with Crippen LogP contribution in [0.25, 0.3) is 0 Å². The van der Waals surface area contributed by atoms with Gasteiger partial charge in [-0.3, -0.25) is 0 Å². The molecule has 0 radical (unpaired) electrons. The van der Waals surface area contributed by atoms with Crippen LogP contribution >= 0.6 is 0 Å². The van der Waals surface area contributed by atoms with Crippen molar-refractivity contribution in [2.45, 2.75) is 13.0 Å². The van der Waals surface area contributed by atoms with E-state index in [1.54, 1.807) is 6.92 Å². The van der Waals surface area contributed by atoms with E-state index in [-0.39, 0.29) is 0 Å². The van der Waals surface area contributed by atoms with Gasteiger partial charge in [0.05, 0.1) is 0 Å². The highest BCUT2D eigenvalue weighted by atomic mass is 32.2. The lowest BCUT2D eigenvalue weighted by Gasteiger charge is -2.10. The number of amides is 1. The molecule has 1 amide bonds. The van der Waals surface area contributed by atoms with Crippen LogP contribution in [0.5, 0.6) is 0 Å². The van der Waals surface area contributed by atoms with Crippen molar-refractivity contribution in [2.75, 3.05) is 0 Å². The second kappa shape index (κ2) is 5.47. The molecule has 0 aromatic heterocycles. The van der Waals surface area contributed by atoms with Gasteiger partial charge in [0.1, 0.15) is 16.9 Å². The Balaban J connectivity index is 2.65. The number of rotatable bonds is 2. The molecule has 6 heteroatoms. The molecule has 2 N–H and O–H groups in total. The molecule has 0 aliphatic carbocycles. The third-order valence-electron chi connectivity index (χ3n) is 1.73. The van der Waals surface area contributed by atoms with E-state index in [4.69, 9.17) is 9.88 Å². The number of hydrogen-bond acceptors (Lipinski definition) is 3. The first-order valence-electron chi connectivity index (χ1n) is 4.29. The molecule has 0 spiro atoms. The molecule has 15 heavy (non-hydrogen) atoms. The Hall–Kier alpha value is -1.40. The lowest BCUT2D eigenvalue weighted by molar-refractivity contribution is 0.117. The number of carbonyl (C=O) groups excluding carboxylic acids is 1. The molecule has 0 heterocycles. The van der Waals surface area contributed by atoms with Crippen molar-refractivity contribution >= 4 is 16.9 Å². The quantitative estimate of drug-likeness (QED) is 0.751. The predicted octanol–water partition coefficient (Wildman–Crippen LogP) is 1.42. The van der Waals surface area contributed by atoms with E-state index in [0.717, 1.165) is 5.56 Å². The van der Waals surface area contributed by atoms with Crippen molar-refractivity contribution in [3.63, 3.8) is 0 Å². The normalized spacial score (nSPS) is 14.5. The topological polar surface area (TPSA) is 81.8 Å². The second-order valence-electron chi connectivity index (χ2n) is 2.84. The van der Waals surface area contributed by atoms with Gasteiger partial charge in [-0.1, -0.05) is 30.3 Å². The number of hydrogen-bond donors (Lipinski definition) is 2. The van der Waals surface area contributed by atoms with E-state index in [0.29, 0.717) is 0 Å². The Labute approximate surface area is 89.6 Å². The first kappa shape index (κ1) is 11.7. The number of benzene rings is 1. The smallest absolute Gasteiger partial charge is 0.440 e. The van der Waals surface area contributed by atoms with Crippen molar-refractivity contribution in [1.29, 1.82) is 0 Å². The summed E-state index contributed by atoms with van der Waals surface area (Å²) in [6.45, 7) is 1.70. The third kappa shape index (κ3) is 4.09. The summed E-state index contributed by atoms with van der Waals surface area (Å²) in [7, 11) is -2.34. The summed E-state index contributed by atoms with van der Waals surface area (Å²) in [4.78, 5) is 11.0. The zero-order valence-corrected chi connectivity index (χ0v) is 9.06. The van der Waals surface area contributed by atoms with Crippen molar-refractivity contribution in [3.05, 3.63) is 35.9 Å². The summed E-state index contributed by atoms with van der Waals surface area (Å²) in [6, 6.07) is 9.17. The number of nitrogens with two attached hydrogens (primary N) is 1. The molecule has 0 aliphatic heterocycles. The fourth-order valence-corrected chi connectivity index (χ4v) is 1.26. The monoisotopic (exact) mass is 228 g/mol. The molecule has 0 saturated heterocycles. The van der Waals surface area contributed by atoms with Crippen LogP contribution in [0.1, 0.15) is 18.6 Å². The summed E-state index contributed by atoms with van der Waals surface area (Å²) in [6.07, 6.45) is -1.34. The second-order valence-corrected chi connectivity index (χ2v) is 3.64. The van der Waals surface area contributed by atoms with Gasteiger partial charge in [-0.05, 0) is 12.5 Å². The lowest BCUT2D eigenvalue weighted by atomic mass is 10.1. The highest BCUT2D eigenvalue weighted by molar-refractivity contribution is 7.72. The van der Waals surface area contributed by atoms with Crippen LogP contribution in [0.4, 0.5) is 4.79 Å². The van der Waals surface area contributed by atoms with E-state index in [1.807, 2.05) is 30.3 Å². The largest absolute Gasteiger partial charge is 0.443 e. The van der Waals surface area contributed by atoms with Gasteiger partial charge in [-0.2, -0.15) is 0 Å². The van der Waals surface area contributed by atoms with Crippen LogP contribution < -0.4 is 5.14 Å². The molecule has 5 nitrogen and oxygen atoms in total. The predicted molar refractivity (Wildman–Crippen MR) is 57.5 cm³/mol. The SMILES string of the molecule is C[C@@H](OC(=O)/N=[SH](\N)=O)c1ccccc1. The van der Waals surface area contributed by atoms with Gasteiger partial charge in [0.15, 0.2) is 0 Å². The Morgan fingerprint density at radius 2 is 2.07 bits per heavy atom. The first-order valence-corrected chi connectivity index (χ1v) is 5.57. The van der Waals surface area contributed by atoms with Crippen molar-refractivity contribution in [1.82, 2.24) is 0 Å². The minimum absolute atomic E-state index is 0.433. The van der Waals surface area contributed by atoms with Crippen molar-refractivity contribution in [2.24, 2.45) is 9.50 Å². The summed E-state index contributed by atoms with van der Waals surface area (Å²) < 4.78 is 18.4. The molecule has 0 aliphatic rings. The molecule has 2 atom stereocenters. The van der Waals surface area contributed by atoms with Crippen LogP contribution in [0.15, 0.2) is 34.7 Å². The van der Waals surface area contributed by atoms with Gasteiger partial charge in [-0.25, -0.2) is 14.1 Å². The van der Waals surface area contributed by atoms with E-state index >= 15 is 0 Å². The Morgan fingerprint density at radius 3 is 2.60 bits per heavy atom. The van der Waals surface area contributed by atoms with Crippen LogP contribution in [-0.4, -0.2) is 10.3 Å². The zero-order valence-electron chi connectivity index (χ0n) is 8.16. The van der Waals surface area contributed by atoms with Crippen LogP contribution in [0.2, 0.25) is 0 Å². The maximum absolute atomic E-state index is 11.0. The molecule has 1 aromatic rings. The van der Waals surface area contributed by atoms with Gasteiger partial charge in [0.2, 0.25) is 0 Å². The first-order chi connectivity index (χ1) is 7.09. The average molecular weight is 228 g/mol. The third-order valence-corrected chi connectivity index (χ3v) is 2.09. The van der Waals surface area contributed by atoms with Crippen molar-refractivity contribution in [3.8, 4) is 0 Å². The standard InChI is InChI=1S/C9H12N2O3S/c1-7(8-5-3-2-4-6-8)14-9(12)11-15(10)13/h2-7,15H,1H3,(H2,10,11,12,13)/t7-/m1/s1. The molecule has 1 rings (SSSR count). The summed E-state index contributed by atoms with van der Waals surface area (Å²) in [5.41, 5.74) is 0.841. The van der Waals surface area contributed by atoms with E-state index in [9.17, 15) is 9.00 Å². The van der Waals surface area contributed by atoms with Crippen LogP contribution in [0, 0.1) is 0 Å². The molecule has 0 saturated carbocycles. The van der Waals surface area contributed by atoms with Gasteiger partial charge in [0.25, 0.3) is 0 Å². The van der Waals surface area contributed by atoms with E-state index in [2.05, 4.69) is 4.36 Å². The van der Waals surface area contributed by atoms with E-state index < -0.39 is 23.0 Å². The van der Waals surface area contributed by atoms with Crippen LogP contribution in [0.3, 0.4) is 0 Å². The van der Waals surface area contributed by atoms with Crippen molar-refractivity contribution < 1.29 is 13.7 Å². The number of ether oxygens (including phenoxy) is 1. The fraction of sp³-hybridized carbons (Fsp3) is 0.222. The minimum atomic E-state index is -2.34. The van der Waals surface area contributed by atoms with E-state index in [1.165, 1.54) is 0 Å². The molecule has 1 unspecified atom stereocenters. The zero-order chi connectivity index (χ0) is 11.3. The molecular weight excluding hydrogens is 216 g/mol. The Morgan fingerprint density at radius 1 is 1.47 bits per heavy atom. The lowest BCUT2D eigenvalue weighted by Crippen LogP contribution is -2.06. The molecule has 82 valence electrons. The number of nitrogens with zero attached hydrogens (tertiary/aromatic N) is 1. The van der Waals surface area contributed by atoms with Gasteiger partial charge in [0, 0.05) is 0 Å². The number of thiol groups is 1. The highest BCUT2D eigenvalue weighted by Gasteiger charge is 2.09. The maximum atomic E-state index is 11.0. The molecule has 0 bridgehead atoms.